The van der Waals surface area contributed by atoms with Gasteiger partial charge in [0.2, 0.25) is 0 Å². The second-order valence-electron chi connectivity index (χ2n) is 2.46. The van der Waals surface area contributed by atoms with E-state index < -0.39 is 5.51 Å². The highest BCUT2D eigenvalue weighted by molar-refractivity contribution is 8.00. The van der Waals surface area contributed by atoms with Gasteiger partial charge in [-0.2, -0.15) is 13.2 Å². The lowest BCUT2D eigenvalue weighted by Crippen LogP contribution is -1.99. The van der Waals surface area contributed by atoms with Crippen LogP contribution in [0.2, 0.25) is 0 Å². The van der Waals surface area contributed by atoms with Crippen LogP contribution in [0, 0.1) is 0 Å². The lowest BCUT2D eigenvalue weighted by molar-refractivity contribution is -0.0328. The van der Waals surface area contributed by atoms with Crippen molar-refractivity contribution in [2.75, 3.05) is 0 Å². The molecule has 1 aromatic rings. The van der Waals surface area contributed by atoms with E-state index in [1.807, 2.05) is 0 Å². The van der Waals surface area contributed by atoms with Gasteiger partial charge in [-0.25, -0.2) is 0 Å². The quantitative estimate of drug-likeness (QED) is 0.378. The molecule has 0 amide bonds. The zero-order chi connectivity index (χ0) is 11.5. The first-order valence-electron chi connectivity index (χ1n) is 3.66. The predicted molar refractivity (Wildman–Crippen MR) is 52.5 cm³/mol. The fraction of sp³-hybridized carbons (Fsp3) is 0.125. The molecule has 0 bridgehead atoms. The van der Waals surface area contributed by atoms with Gasteiger partial charge >= 0.3 is 5.51 Å². The molecule has 0 fully saturated rings. The van der Waals surface area contributed by atoms with Gasteiger partial charge < -0.3 is 5.21 Å². The minimum Gasteiger partial charge on any atom is -0.410 e. The zero-order valence-electron chi connectivity index (χ0n) is 7.12. The van der Waals surface area contributed by atoms with Crippen molar-refractivity contribution < 1.29 is 18.4 Å². The first-order valence-corrected chi connectivity index (χ1v) is 4.85. The molecule has 82 valence electrons. The monoisotopic (exact) mass is 255 g/mol. The number of hydrogen-bond acceptors (Lipinski definition) is 3. The summed E-state index contributed by atoms with van der Waals surface area (Å²) in [5.41, 5.74) is -3.96. The minimum atomic E-state index is -4.31. The maximum absolute atomic E-state index is 11.9. The number of nitrogens with zero attached hydrogens (tertiary/aromatic N) is 1. The van der Waals surface area contributed by atoms with Crippen molar-refractivity contribution in [1.82, 2.24) is 0 Å². The number of benzene rings is 1. The lowest BCUT2D eigenvalue weighted by Gasteiger charge is -2.05. The molecule has 7 heteroatoms. The number of alkyl halides is 3. The molecule has 0 spiro atoms. The highest BCUT2D eigenvalue weighted by atomic mass is 35.5. The van der Waals surface area contributed by atoms with Crippen LogP contribution in [-0.4, -0.2) is 15.9 Å². The first-order chi connectivity index (χ1) is 6.92. The molecule has 0 unspecified atom stereocenters. The summed E-state index contributed by atoms with van der Waals surface area (Å²) in [6.45, 7) is 0. The Morgan fingerprint density at radius 1 is 1.27 bits per heavy atom. The van der Waals surface area contributed by atoms with Crippen LogP contribution in [0.3, 0.4) is 0 Å². The topological polar surface area (TPSA) is 32.6 Å². The third-order valence-corrected chi connectivity index (χ3v) is 2.45. The molecule has 0 aliphatic rings. The van der Waals surface area contributed by atoms with Crippen LogP contribution in [0.1, 0.15) is 5.56 Å². The van der Waals surface area contributed by atoms with Gasteiger partial charge in [-0.3, -0.25) is 0 Å². The Morgan fingerprint density at radius 3 is 2.20 bits per heavy atom. The van der Waals surface area contributed by atoms with Crippen LogP contribution < -0.4 is 0 Å². The van der Waals surface area contributed by atoms with E-state index in [0.717, 1.165) is 0 Å². The average molecular weight is 256 g/mol. The van der Waals surface area contributed by atoms with Crippen LogP contribution in [0.25, 0.3) is 0 Å². The van der Waals surface area contributed by atoms with Crippen molar-refractivity contribution >= 4 is 28.5 Å². The summed E-state index contributed by atoms with van der Waals surface area (Å²) >= 11 is 5.23. The molecule has 0 saturated heterocycles. The van der Waals surface area contributed by atoms with Crippen LogP contribution >= 0.6 is 23.4 Å². The van der Waals surface area contributed by atoms with E-state index in [1.54, 1.807) is 0 Å². The van der Waals surface area contributed by atoms with Crippen LogP contribution in [-0.2, 0) is 0 Å². The summed E-state index contributed by atoms with van der Waals surface area (Å²) < 4.78 is 35.8. The molecule has 0 radical (unpaired) electrons. The van der Waals surface area contributed by atoms with Gasteiger partial charge in [0, 0.05) is 10.5 Å². The summed E-state index contributed by atoms with van der Waals surface area (Å²) in [5.74, 6) is 0. The normalized spacial score (nSPS) is 12.9. The molecular formula is C8H5ClF3NOS. The molecular weight excluding hydrogens is 251 g/mol. The number of hydrogen-bond donors (Lipinski definition) is 1. The Kier molecular flexibility index (Phi) is 3.87. The Labute approximate surface area is 92.7 Å². The van der Waals surface area contributed by atoms with Crippen molar-refractivity contribution in [1.29, 1.82) is 0 Å². The van der Waals surface area contributed by atoms with E-state index in [1.165, 1.54) is 24.3 Å². The minimum absolute atomic E-state index is 0.0497. The smallest absolute Gasteiger partial charge is 0.410 e. The van der Waals surface area contributed by atoms with Crippen molar-refractivity contribution in [3.8, 4) is 0 Å². The van der Waals surface area contributed by atoms with E-state index in [-0.39, 0.29) is 21.8 Å². The zero-order valence-corrected chi connectivity index (χ0v) is 8.70. The number of oxime groups is 1. The van der Waals surface area contributed by atoms with Gasteiger partial charge in [0.05, 0.1) is 0 Å². The van der Waals surface area contributed by atoms with E-state index in [0.29, 0.717) is 5.56 Å². The fourth-order valence-electron chi connectivity index (χ4n) is 0.852. The standard InChI is InChI=1S/C8H5ClF3NOS/c9-7(13-14)5-1-3-6(4-2-5)15-8(10,11)12/h1-4,14H/b13-7+. The van der Waals surface area contributed by atoms with Gasteiger partial charge in [-0.15, -0.1) is 0 Å². The molecule has 0 aliphatic carbocycles. The largest absolute Gasteiger partial charge is 0.446 e. The van der Waals surface area contributed by atoms with Gasteiger partial charge in [0.25, 0.3) is 0 Å². The predicted octanol–water partition coefficient (Wildman–Crippen LogP) is 3.67. The highest BCUT2D eigenvalue weighted by Crippen LogP contribution is 2.36. The first kappa shape index (κ1) is 12.2. The molecule has 2 nitrogen and oxygen atoms in total. The SMILES string of the molecule is O/N=C(/Cl)c1ccc(SC(F)(F)F)cc1. The molecule has 0 saturated carbocycles. The Balaban J connectivity index is 2.82. The molecule has 1 aromatic carbocycles. The van der Waals surface area contributed by atoms with Gasteiger partial charge in [0.15, 0.2) is 5.17 Å². The second-order valence-corrected chi connectivity index (χ2v) is 3.96. The van der Waals surface area contributed by atoms with E-state index in [9.17, 15) is 13.2 Å². The number of halogens is 4. The van der Waals surface area contributed by atoms with Crippen molar-refractivity contribution in [2.45, 2.75) is 10.4 Å². The van der Waals surface area contributed by atoms with Crippen LogP contribution in [0.5, 0.6) is 0 Å². The van der Waals surface area contributed by atoms with E-state index in [2.05, 4.69) is 5.16 Å². The van der Waals surface area contributed by atoms with Gasteiger partial charge in [0.1, 0.15) is 0 Å². The van der Waals surface area contributed by atoms with E-state index >= 15 is 0 Å². The van der Waals surface area contributed by atoms with Crippen molar-refractivity contribution in [3.05, 3.63) is 29.8 Å². The Morgan fingerprint density at radius 2 is 1.80 bits per heavy atom. The summed E-state index contributed by atoms with van der Waals surface area (Å²) in [7, 11) is 0. The molecule has 0 heterocycles. The van der Waals surface area contributed by atoms with E-state index in [4.69, 9.17) is 16.8 Å². The molecule has 0 aliphatic heterocycles. The summed E-state index contributed by atoms with van der Waals surface area (Å²) in [6, 6.07) is 5.19. The Hall–Kier alpha value is -0.880. The summed E-state index contributed by atoms with van der Waals surface area (Å²) in [5, 5.41) is 10.9. The maximum Gasteiger partial charge on any atom is 0.446 e. The van der Waals surface area contributed by atoms with Gasteiger partial charge in [-0.1, -0.05) is 28.9 Å². The van der Waals surface area contributed by atoms with Crippen molar-refractivity contribution in [3.63, 3.8) is 0 Å². The third kappa shape index (κ3) is 4.01. The molecule has 1 rings (SSSR count). The number of rotatable bonds is 2. The maximum atomic E-state index is 11.9. The van der Waals surface area contributed by atoms with Gasteiger partial charge in [-0.05, 0) is 23.9 Å². The van der Waals surface area contributed by atoms with Crippen molar-refractivity contribution in [2.24, 2.45) is 5.16 Å². The average Bonchev–Trinajstić information content (AvgIpc) is 2.15. The third-order valence-electron chi connectivity index (χ3n) is 1.41. The summed E-state index contributed by atoms with van der Waals surface area (Å²) in [6.07, 6.45) is 0. The molecule has 0 aromatic heterocycles. The molecule has 15 heavy (non-hydrogen) atoms. The van der Waals surface area contributed by atoms with Crippen LogP contribution in [0.15, 0.2) is 34.3 Å². The summed E-state index contributed by atoms with van der Waals surface area (Å²) in [4.78, 5) is 0.0497. The molecule has 1 N–H and O–H groups in total. The molecule has 0 atom stereocenters. The fourth-order valence-corrected chi connectivity index (χ4v) is 1.52. The van der Waals surface area contributed by atoms with Crippen LogP contribution in [0.4, 0.5) is 13.2 Å². The Bertz CT molecular complexity index is 363. The number of thioether (sulfide) groups is 1. The lowest BCUT2D eigenvalue weighted by atomic mass is 10.2. The highest BCUT2D eigenvalue weighted by Gasteiger charge is 2.29. The second kappa shape index (κ2) is 4.76.